The number of pyridine rings is 1. The lowest BCUT2D eigenvalue weighted by Gasteiger charge is -2.14. The van der Waals surface area contributed by atoms with Crippen LogP contribution in [0.1, 0.15) is 22.3 Å². The molecule has 2 aromatic rings. The molecule has 1 atom stereocenters. The first-order valence-electron chi connectivity index (χ1n) is 7.79. The van der Waals surface area contributed by atoms with Gasteiger partial charge in [-0.3, -0.25) is 4.98 Å². The molecule has 0 saturated heterocycles. The number of nitrogens with one attached hydrogen (secondary N) is 1. The molecular weight excluding hydrogens is 292 g/mol. The number of hydrogen-bond acceptors (Lipinski definition) is 4. The highest BCUT2D eigenvalue weighted by molar-refractivity contribution is 5.85. The molecule has 0 radical (unpaired) electrons. The van der Waals surface area contributed by atoms with Crippen LogP contribution >= 0.6 is 0 Å². The number of aromatic nitrogens is 1. The molecule has 5 heteroatoms. The fourth-order valence-corrected chi connectivity index (χ4v) is 2.28. The minimum absolute atomic E-state index is 0.164. The molecule has 0 amide bonds. The van der Waals surface area contributed by atoms with Crippen LogP contribution in [0.2, 0.25) is 0 Å². The van der Waals surface area contributed by atoms with Gasteiger partial charge in [-0.1, -0.05) is 0 Å². The lowest BCUT2D eigenvalue weighted by Crippen LogP contribution is -3.09. The van der Waals surface area contributed by atoms with Gasteiger partial charge in [0.1, 0.15) is 5.75 Å². The lowest BCUT2D eigenvalue weighted by molar-refractivity contribution is -0.879. The highest BCUT2D eigenvalue weighted by atomic mass is 16.5. The van der Waals surface area contributed by atoms with Crippen molar-refractivity contribution in [3.63, 3.8) is 0 Å². The van der Waals surface area contributed by atoms with Gasteiger partial charge in [-0.15, -0.1) is 0 Å². The van der Waals surface area contributed by atoms with Gasteiger partial charge in [-0.2, -0.15) is 0 Å². The van der Waals surface area contributed by atoms with Gasteiger partial charge in [-0.25, -0.2) is 0 Å². The zero-order valence-electron chi connectivity index (χ0n) is 13.3. The van der Waals surface area contributed by atoms with Crippen molar-refractivity contribution >= 4 is 5.97 Å². The standard InChI is InChI=1S/C18H22N2O3/c1-20(13-9-15-7-10-19-11-8-15)12-2-14-23-17-5-3-16(4-6-17)18(21)22/h3-8,10-11H,2,9,12-14H2,1H3,(H,21,22). The summed E-state index contributed by atoms with van der Waals surface area (Å²) >= 11 is 0. The smallest absolute Gasteiger partial charge is 0.119 e. The van der Waals surface area contributed by atoms with E-state index in [2.05, 4.69) is 12.0 Å². The predicted molar refractivity (Wildman–Crippen MR) is 85.4 cm³/mol. The third kappa shape index (κ3) is 6.08. The minimum atomic E-state index is -1.17. The fraction of sp³-hybridized carbons (Fsp3) is 0.333. The molecule has 1 aromatic carbocycles. The van der Waals surface area contributed by atoms with E-state index in [1.165, 1.54) is 22.6 Å². The molecule has 0 aliphatic rings. The Bertz CT molecular complexity index is 599. The Morgan fingerprint density at radius 1 is 1.13 bits per heavy atom. The summed E-state index contributed by atoms with van der Waals surface area (Å²) in [6.07, 6.45) is 5.64. The number of rotatable bonds is 9. The summed E-state index contributed by atoms with van der Waals surface area (Å²) in [5.74, 6) is -0.486. The molecule has 0 aliphatic heterocycles. The van der Waals surface area contributed by atoms with Crippen molar-refractivity contribution in [2.45, 2.75) is 12.8 Å². The average molecular weight is 314 g/mol. The summed E-state index contributed by atoms with van der Waals surface area (Å²) in [5, 5.41) is 10.7. The van der Waals surface area contributed by atoms with Crippen molar-refractivity contribution < 1.29 is 19.5 Å². The Labute approximate surface area is 136 Å². The SMILES string of the molecule is C[NH+](CCCOc1ccc(C(=O)[O-])cc1)CCc1ccncc1. The topological polar surface area (TPSA) is 66.7 Å². The third-order valence-corrected chi connectivity index (χ3v) is 3.70. The second-order valence-electron chi connectivity index (χ2n) is 5.58. The minimum Gasteiger partial charge on any atom is -0.545 e. The summed E-state index contributed by atoms with van der Waals surface area (Å²) in [6, 6.07) is 10.4. The highest BCUT2D eigenvalue weighted by Crippen LogP contribution is 2.11. The number of likely N-dealkylation sites (N-methyl/N-ethyl adjacent to an activating group) is 1. The molecule has 0 bridgehead atoms. The normalized spacial score (nSPS) is 11.9. The summed E-state index contributed by atoms with van der Waals surface area (Å²) in [7, 11) is 2.18. The Kier molecular flexibility index (Phi) is 6.56. The largest absolute Gasteiger partial charge is 0.545 e. The number of hydrogen-bond donors (Lipinski definition) is 1. The van der Waals surface area contributed by atoms with Crippen LogP contribution in [0.3, 0.4) is 0 Å². The van der Waals surface area contributed by atoms with Crippen molar-refractivity contribution in [1.29, 1.82) is 0 Å². The number of carbonyl (C=O) groups is 1. The first-order chi connectivity index (χ1) is 11.1. The second kappa shape index (κ2) is 8.90. The van der Waals surface area contributed by atoms with Gasteiger partial charge in [0.15, 0.2) is 0 Å². The fourth-order valence-electron chi connectivity index (χ4n) is 2.28. The van der Waals surface area contributed by atoms with Gasteiger partial charge in [0.05, 0.1) is 32.7 Å². The van der Waals surface area contributed by atoms with Crippen LogP contribution in [0.5, 0.6) is 5.75 Å². The summed E-state index contributed by atoms with van der Waals surface area (Å²) in [4.78, 5) is 16.1. The van der Waals surface area contributed by atoms with E-state index in [1.54, 1.807) is 12.1 Å². The highest BCUT2D eigenvalue weighted by Gasteiger charge is 2.03. The molecule has 1 N–H and O–H groups in total. The number of carboxylic acid groups (broad SMARTS) is 1. The van der Waals surface area contributed by atoms with Crippen molar-refractivity contribution in [3.05, 3.63) is 59.9 Å². The second-order valence-corrected chi connectivity index (χ2v) is 5.58. The van der Waals surface area contributed by atoms with E-state index in [0.717, 1.165) is 25.9 Å². The number of ether oxygens (including phenoxy) is 1. The summed E-state index contributed by atoms with van der Waals surface area (Å²) < 4.78 is 5.62. The van der Waals surface area contributed by atoms with E-state index in [0.29, 0.717) is 12.4 Å². The van der Waals surface area contributed by atoms with E-state index in [1.807, 2.05) is 24.5 Å². The summed E-state index contributed by atoms with van der Waals surface area (Å²) in [5.41, 5.74) is 1.47. The van der Waals surface area contributed by atoms with Gasteiger partial charge in [0, 0.05) is 25.2 Å². The first kappa shape index (κ1) is 17.0. The molecule has 122 valence electrons. The Hall–Kier alpha value is -2.40. The third-order valence-electron chi connectivity index (χ3n) is 3.70. The van der Waals surface area contributed by atoms with Crippen LogP contribution in [-0.2, 0) is 6.42 Å². The van der Waals surface area contributed by atoms with E-state index >= 15 is 0 Å². The Morgan fingerprint density at radius 3 is 2.48 bits per heavy atom. The Morgan fingerprint density at radius 2 is 1.83 bits per heavy atom. The van der Waals surface area contributed by atoms with Gasteiger partial charge in [-0.05, 0) is 47.5 Å². The zero-order valence-corrected chi connectivity index (χ0v) is 13.3. The molecule has 2 rings (SSSR count). The van der Waals surface area contributed by atoms with Crippen LogP contribution in [0, 0.1) is 0 Å². The first-order valence-corrected chi connectivity index (χ1v) is 7.79. The molecule has 1 heterocycles. The number of quaternary nitrogens is 1. The number of carbonyl (C=O) groups excluding carboxylic acids is 1. The van der Waals surface area contributed by atoms with E-state index in [9.17, 15) is 9.90 Å². The molecular formula is C18H22N2O3. The van der Waals surface area contributed by atoms with Crippen molar-refractivity contribution in [2.24, 2.45) is 0 Å². The molecule has 0 saturated carbocycles. The number of aromatic carboxylic acids is 1. The Balaban J connectivity index is 1.62. The summed E-state index contributed by atoms with van der Waals surface area (Å²) in [6.45, 7) is 2.73. The maximum Gasteiger partial charge on any atom is 0.119 e. The number of benzene rings is 1. The number of nitrogens with zero attached hydrogens (tertiary/aromatic N) is 1. The van der Waals surface area contributed by atoms with Crippen LogP contribution in [0.25, 0.3) is 0 Å². The van der Waals surface area contributed by atoms with Gasteiger partial charge < -0.3 is 19.5 Å². The van der Waals surface area contributed by atoms with Gasteiger partial charge in [0.25, 0.3) is 0 Å². The van der Waals surface area contributed by atoms with Crippen molar-refractivity contribution in [3.8, 4) is 5.75 Å². The van der Waals surface area contributed by atoms with Crippen LogP contribution < -0.4 is 14.7 Å². The molecule has 1 unspecified atom stereocenters. The van der Waals surface area contributed by atoms with Crippen LogP contribution in [0.4, 0.5) is 0 Å². The quantitative estimate of drug-likeness (QED) is 0.660. The predicted octanol–water partition coefficient (Wildman–Crippen LogP) is -0.0286. The number of carboxylic acids is 1. The van der Waals surface area contributed by atoms with Gasteiger partial charge >= 0.3 is 0 Å². The maximum atomic E-state index is 10.7. The molecule has 1 aromatic heterocycles. The average Bonchev–Trinajstić information content (AvgIpc) is 2.58. The van der Waals surface area contributed by atoms with Crippen molar-refractivity contribution in [2.75, 3.05) is 26.7 Å². The molecule has 23 heavy (non-hydrogen) atoms. The lowest BCUT2D eigenvalue weighted by atomic mass is 10.2. The molecule has 0 fully saturated rings. The van der Waals surface area contributed by atoms with E-state index in [-0.39, 0.29) is 5.56 Å². The monoisotopic (exact) mass is 314 g/mol. The van der Waals surface area contributed by atoms with E-state index < -0.39 is 5.97 Å². The zero-order chi connectivity index (χ0) is 16.5. The van der Waals surface area contributed by atoms with Gasteiger partial charge in [0.2, 0.25) is 0 Å². The van der Waals surface area contributed by atoms with Crippen LogP contribution in [-0.4, -0.2) is 37.7 Å². The molecule has 5 nitrogen and oxygen atoms in total. The van der Waals surface area contributed by atoms with E-state index in [4.69, 9.17) is 4.74 Å². The van der Waals surface area contributed by atoms with Crippen LogP contribution in [0.15, 0.2) is 48.8 Å². The molecule has 0 aliphatic carbocycles. The maximum absolute atomic E-state index is 10.7. The van der Waals surface area contributed by atoms with Crippen molar-refractivity contribution in [1.82, 2.24) is 4.98 Å². The molecule has 0 spiro atoms.